The van der Waals surface area contributed by atoms with Gasteiger partial charge < -0.3 is 15.8 Å². The zero-order chi connectivity index (χ0) is 12.1. The summed E-state index contributed by atoms with van der Waals surface area (Å²) in [6, 6.07) is 7.82. The van der Waals surface area contributed by atoms with Crippen LogP contribution in [-0.4, -0.2) is 43.8 Å². The molecule has 0 aliphatic carbocycles. The lowest BCUT2D eigenvalue weighted by atomic mass is 10.2. The molecular formula is C13H21N3O. The molecule has 1 saturated heterocycles. The molecule has 1 heterocycles. The molecule has 2 rings (SSSR count). The number of likely N-dealkylation sites (N-methyl/N-ethyl adjacent to an activating group) is 1. The maximum absolute atomic E-state index is 5.73. The zero-order valence-electron chi connectivity index (χ0n) is 10.4. The molecular weight excluding hydrogens is 214 g/mol. The van der Waals surface area contributed by atoms with Crippen LogP contribution in [-0.2, 0) is 4.74 Å². The Morgan fingerprint density at radius 1 is 1.53 bits per heavy atom. The van der Waals surface area contributed by atoms with E-state index in [4.69, 9.17) is 10.5 Å². The van der Waals surface area contributed by atoms with Crippen molar-refractivity contribution in [2.24, 2.45) is 0 Å². The van der Waals surface area contributed by atoms with Gasteiger partial charge in [-0.3, -0.25) is 4.90 Å². The van der Waals surface area contributed by atoms with Gasteiger partial charge in [0.2, 0.25) is 0 Å². The lowest BCUT2D eigenvalue weighted by Gasteiger charge is -2.32. The smallest absolute Gasteiger partial charge is 0.0874 e. The van der Waals surface area contributed by atoms with Gasteiger partial charge in [-0.25, -0.2) is 0 Å². The molecule has 3 N–H and O–H groups in total. The molecule has 17 heavy (non-hydrogen) atoms. The number of hydrogen-bond acceptors (Lipinski definition) is 4. The molecule has 1 unspecified atom stereocenters. The Kier molecular flexibility index (Phi) is 4.23. The van der Waals surface area contributed by atoms with Gasteiger partial charge in [0.05, 0.1) is 12.7 Å². The Morgan fingerprint density at radius 2 is 2.41 bits per heavy atom. The van der Waals surface area contributed by atoms with Crippen LogP contribution >= 0.6 is 0 Å². The monoisotopic (exact) mass is 235 g/mol. The summed E-state index contributed by atoms with van der Waals surface area (Å²) < 4.78 is 5.73. The minimum absolute atomic E-state index is 0.269. The molecule has 1 atom stereocenters. The van der Waals surface area contributed by atoms with E-state index in [1.807, 2.05) is 24.3 Å². The topological polar surface area (TPSA) is 50.5 Å². The lowest BCUT2D eigenvalue weighted by Crippen LogP contribution is -2.45. The molecule has 4 nitrogen and oxygen atoms in total. The lowest BCUT2D eigenvalue weighted by molar-refractivity contribution is -0.0191. The molecule has 94 valence electrons. The maximum Gasteiger partial charge on any atom is 0.0874 e. The zero-order valence-corrected chi connectivity index (χ0v) is 10.4. The van der Waals surface area contributed by atoms with Gasteiger partial charge in [0.15, 0.2) is 0 Å². The van der Waals surface area contributed by atoms with Crippen LogP contribution in [0.2, 0.25) is 0 Å². The van der Waals surface area contributed by atoms with Crippen molar-refractivity contribution in [3.63, 3.8) is 0 Å². The third-order valence-corrected chi connectivity index (χ3v) is 3.09. The molecule has 0 amide bonds. The van der Waals surface area contributed by atoms with Crippen molar-refractivity contribution >= 4 is 11.4 Å². The molecule has 1 aliphatic rings. The van der Waals surface area contributed by atoms with E-state index < -0.39 is 0 Å². The summed E-state index contributed by atoms with van der Waals surface area (Å²) in [7, 11) is 0. The van der Waals surface area contributed by atoms with Crippen LogP contribution in [0, 0.1) is 0 Å². The Hall–Kier alpha value is -1.26. The van der Waals surface area contributed by atoms with Gasteiger partial charge >= 0.3 is 0 Å². The SMILES string of the molecule is CCN1CCOC(CNc2cccc(N)c2)C1. The number of rotatable bonds is 4. The van der Waals surface area contributed by atoms with Crippen molar-refractivity contribution in [1.29, 1.82) is 0 Å². The van der Waals surface area contributed by atoms with E-state index in [0.717, 1.165) is 44.2 Å². The van der Waals surface area contributed by atoms with Crippen molar-refractivity contribution in [1.82, 2.24) is 4.90 Å². The van der Waals surface area contributed by atoms with Gasteiger partial charge in [0.1, 0.15) is 0 Å². The number of nitrogen functional groups attached to an aromatic ring is 1. The Labute approximate surface area is 103 Å². The fourth-order valence-electron chi connectivity index (χ4n) is 2.07. The first-order chi connectivity index (χ1) is 8.28. The molecule has 1 fully saturated rings. The largest absolute Gasteiger partial charge is 0.399 e. The molecule has 0 aromatic heterocycles. The maximum atomic E-state index is 5.73. The quantitative estimate of drug-likeness (QED) is 0.775. The number of anilines is 2. The average molecular weight is 235 g/mol. The number of ether oxygens (including phenoxy) is 1. The summed E-state index contributed by atoms with van der Waals surface area (Å²) in [5.41, 5.74) is 7.58. The van der Waals surface area contributed by atoms with E-state index in [-0.39, 0.29) is 6.10 Å². The Morgan fingerprint density at radius 3 is 3.18 bits per heavy atom. The predicted molar refractivity (Wildman–Crippen MR) is 71.2 cm³/mol. The van der Waals surface area contributed by atoms with Crippen molar-refractivity contribution in [3.05, 3.63) is 24.3 Å². The molecule has 4 heteroatoms. The third kappa shape index (κ3) is 3.61. The fourth-order valence-corrected chi connectivity index (χ4v) is 2.07. The third-order valence-electron chi connectivity index (χ3n) is 3.09. The van der Waals surface area contributed by atoms with E-state index in [2.05, 4.69) is 17.1 Å². The second-order valence-electron chi connectivity index (χ2n) is 4.39. The number of nitrogens with one attached hydrogen (secondary N) is 1. The summed E-state index contributed by atoms with van der Waals surface area (Å²) >= 11 is 0. The van der Waals surface area contributed by atoms with Gasteiger partial charge in [-0.2, -0.15) is 0 Å². The van der Waals surface area contributed by atoms with Crippen LogP contribution in [0.15, 0.2) is 24.3 Å². The minimum Gasteiger partial charge on any atom is -0.399 e. The Bertz CT molecular complexity index is 356. The van der Waals surface area contributed by atoms with Crippen LogP contribution in [0.3, 0.4) is 0 Å². The van der Waals surface area contributed by atoms with Crippen molar-refractivity contribution < 1.29 is 4.74 Å². The van der Waals surface area contributed by atoms with Gasteiger partial charge in [-0.05, 0) is 24.7 Å². The molecule has 1 aromatic carbocycles. The summed E-state index contributed by atoms with van der Waals surface area (Å²) in [6.45, 7) is 7.00. The highest BCUT2D eigenvalue weighted by atomic mass is 16.5. The number of morpholine rings is 1. The van der Waals surface area contributed by atoms with Crippen molar-refractivity contribution in [2.45, 2.75) is 13.0 Å². The van der Waals surface area contributed by atoms with Crippen LogP contribution in [0.1, 0.15) is 6.92 Å². The number of benzene rings is 1. The first-order valence-electron chi connectivity index (χ1n) is 6.21. The van der Waals surface area contributed by atoms with E-state index in [0.29, 0.717) is 0 Å². The first kappa shape index (κ1) is 12.2. The predicted octanol–water partition coefficient (Wildman–Crippen LogP) is 1.40. The molecule has 0 bridgehead atoms. The van der Waals surface area contributed by atoms with Crippen LogP contribution < -0.4 is 11.1 Å². The van der Waals surface area contributed by atoms with Gasteiger partial charge in [0.25, 0.3) is 0 Å². The van der Waals surface area contributed by atoms with E-state index in [1.54, 1.807) is 0 Å². The highest BCUT2D eigenvalue weighted by Gasteiger charge is 2.18. The van der Waals surface area contributed by atoms with E-state index in [1.165, 1.54) is 0 Å². The molecule has 0 radical (unpaired) electrons. The normalized spacial score (nSPS) is 21.4. The number of hydrogen-bond donors (Lipinski definition) is 2. The minimum atomic E-state index is 0.269. The summed E-state index contributed by atoms with van der Waals surface area (Å²) in [4.78, 5) is 2.41. The van der Waals surface area contributed by atoms with E-state index >= 15 is 0 Å². The van der Waals surface area contributed by atoms with Gasteiger partial charge in [0, 0.05) is 31.0 Å². The second kappa shape index (κ2) is 5.89. The van der Waals surface area contributed by atoms with Crippen LogP contribution in [0.25, 0.3) is 0 Å². The second-order valence-corrected chi connectivity index (χ2v) is 4.39. The fraction of sp³-hybridized carbons (Fsp3) is 0.538. The number of nitrogens with zero attached hydrogens (tertiary/aromatic N) is 1. The number of nitrogens with two attached hydrogens (primary N) is 1. The molecule has 0 spiro atoms. The van der Waals surface area contributed by atoms with Gasteiger partial charge in [-0.1, -0.05) is 13.0 Å². The van der Waals surface area contributed by atoms with Crippen molar-refractivity contribution in [2.75, 3.05) is 43.8 Å². The summed E-state index contributed by atoms with van der Waals surface area (Å²) in [5, 5.41) is 3.37. The molecule has 1 aliphatic heterocycles. The first-order valence-corrected chi connectivity index (χ1v) is 6.21. The molecule has 0 saturated carbocycles. The Balaban J connectivity index is 1.81. The molecule has 1 aromatic rings. The highest BCUT2D eigenvalue weighted by Crippen LogP contribution is 2.13. The van der Waals surface area contributed by atoms with Crippen LogP contribution in [0.4, 0.5) is 11.4 Å². The van der Waals surface area contributed by atoms with Gasteiger partial charge in [-0.15, -0.1) is 0 Å². The highest BCUT2D eigenvalue weighted by molar-refractivity contribution is 5.54. The van der Waals surface area contributed by atoms with E-state index in [9.17, 15) is 0 Å². The standard InChI is InChI=1S/C13H21N3O/c1-2-16-6-7-17-13(10-16)9-15-12-5-3-4-11(14)8-12/h3-5,8,13,15H,2,6-7,9-10,14H2,1H3. The van der Waals surface area contributed by atoms with Crippen molar-refractivity contribution in [3.8, 4) is 0 Å². The summed E-state index contributed by atoms with van der Waals surface area (Å²) in [5.74, 6) is 0. The van der Waals surface area contributed by atoms with Crippen LogP contribution in [0.5, 0.6) is 0 Å². The average Bonchev–Trinajstić information content (AvgIpc) is 2.37. The summed E-state index contributed by atoms with van der Waals surface area (Å²) in [6.07, 6.45) is 0.269.